The summed E-state index contributed by atoms with van der Waals surface area (Å²) < 4.78 is 11.2. The molecular weight excluding hydrogens is 346 g/mol. The Bertz CT molecular complexity index is 765. The SMILES string of the molecule is COc1ccc(C=NNC(N)=S)cc1COc1ccc(C)cc1Cl. The Hall–Kier alpha value is -2.31. The Balaban J connectivity index is 2.15. The molecular formula is C17H18ClN3O2S. The number of aryl methyl sites for hydroxylation is 1. The predicted molar refractivity (Wildman–Crippen MR) is 101 cm³/mol. The highest BCUT2D eigenvalue weighted by atomic mass is 35.5. The molecule has 3 N–H and O–H groups in total. The summed E-state index contributed by atoms with van der Waals surface area (Å²) in [5.41, 5.74) is 10.6. The minimum Gasteiger partial charge on any atom is -0.496 e. The fourth-order valence-electron chi connectivity index (χ4n) is 2.04. The third-order valence-corrected chi connectivity index (χ3v) is 3.55. The quantitative estimate of drug-likeness (QED) is 0.467. The lowest BCUT2D eigenvalue weighted by Crippen LogP contribution is -2.24. The summed E-state index contributed by atoms with van der Waals surface area (Å²) in [5, 5.41) is 4.62. The van der Waals surface area contributed by atoms with Gasteiger partial charge in [-0.05, 0) is 60.6 Å². The number of nitrogens with two attached hydrogens (primary N) is 1. The van der Waals surface area contributed by atoms with Gasteiger partial charge in [0.05, 0.1) is 18.3 Å². The van der Waals surface area contributed by atoms with Gasteiger partial charge in [-0.15, -0.1) is 0 Å². The maximum atomic E-state index is 6.19. The molecule has 5 nitrogen and oxygen atoms in total. The van der Waals surface area contributed by atoms with E-state index in [2.05, 4.69) is 10.5 Å². The molecule has 0 aliphatic heterocycles. The monoisotopic (exact) mass is 363 g/mol. The van der Waals surface area contributed by atoms with Crippen LogP contribution in [0.4, 0.5) is 0 Å². The van der Waals surface area contributed by atoms with Crippen LogP contribution in [0, 0.1) is 6.92 Å². The molecule has 0 bridgehead atoms. The van der Waals surface area contributed by atoms with Crippen molar-refractivity contribution in [1.82, 2.24) is 5.43 Å². The van der Waals surface area contributed by atoms with Gasteiger partial charge in [0.1, 0.15) is 18.1 Å². The van der Waals surface area contributed by atoms with Crippen molar-refractivity contribution in [3.05, 3.63) is 58.1 Å². The van der Waals surface area contributed by atoms with Crippen LogP contribution in [0.5, 0.6) is 11.5 Å². The van der Waals surface area contributed by atoms with E-state index < -0.39 is 0 Å². The van der Waals surface area contributed by atoms with Gasteiger partial charge in [0.25, 0.3) is 0 Å². The Kier molecular flexibility index (Phi) is 6.40. The van der Waals surface area contributed by atoms with Crippen LogP contribution in [0.15, 0.2) is 41.5 Å². The summed E-state index contributed by atoms with van der Waals surface area (Å²) in [4.78, 5) is 0. The van der Waals surface area contributed by atoms with E-state index in [0.29, 0.717) is 17.4 Å². The molecule has 0 aromatic heterocycles. The fourth-order valence-corrected chi connectivity index (χ4v) is 2.38. The number of nitrogens with zero attached hydrogens (tertiary/aromatic N) is 1. The number of rotatable bonds is 6. The second kappa shape index (κ2) is 8.52. The summed E-state index contributed by atoms with van der Waals surface area (Å²) >= 11 is 10.9. The van der Waals surface area contributed by atoms with Crippen molar-refractivity contribution in [3.8, 4) is 11.5 Å². The highest BCUT2D eigenvalue weighted by Crippen LogP contribution is 2.27. The molecule has 0 unspecified atom stereocenters. The summed E-state index contributed by atoms with van der Waals surface area (Å²) in [7, 11) is 1.61. The second-order valence-corrected chi connectivity index (χ2v) is 5.88. The molecule has 7 heteroatoms. The van der Waals surface area contributed by atoms with Crippen LogP contribution in [0.25, 0.3) is 0 Å². The number of thiocarbonyl (C=S) groups is 1. The smallest absolute Gasteiger partial charge is 0.184 e. The molecule has 0 aliphatic carbocycles. The number of ether oxygens (including phenoxy) is 2. The summed E-state index contributed by atoms with van der Waals surface area (Å²) in [5.74, 6) is 1.34. The number of nitrogens with one attached hydrogen (secondary N) is 1. The van der Waals surface area contributed by atoms with Crippen molar-refractivity contribution < 1.29 is 9.47 Å². The molecule has 126 valence electrons. The Morgan fingerprint density at radius 2 is 2.04 bits per heavy atom. The van der Waals surface area contributed by atoms with E-state index in [-0.39, 0.29) is 5.11 Å². The van der Waals surface area contributed by atoms with Crippen molar-refractivity contribution in [3.63, 3.8) is 0 Å². The summed E-state index contributed by atoms with van der Waals surface area (Å²) in [6, 6.07) is 11.3. The van der Waals surface area contributed by atoms with E-state index in [1.165, 1.54) is 0 Å². The maximum absolute atomic E-state index is 6.19. The zero-order valence-electron chi connectivity index (χ0n) is 13.4. The molecule has 2 rings (SSSR count). The lowest BCUT2D eigenvalue weighted by Gasteiger charge is -2.12. The number of hydrazone groups is 1. The van der Waals surface area contributed by atoms with Gasteiger partial charge in [-0.1, -0.05) is 17.7 Å². The number of hydrogen-bond donors (Lipinski definition) is 2. The molecule has 0 fully saturated rings. The number of hydrogen-bond acceptors (Lipinski definition) is 4. The van der Waals surface area contributed by atoms with E-state index in [1.54, 1.807) is 13.3 Å². The molecule has 0 saturated carbocycles. The van der Waals surface area contributed by atoms with E-state index in [0.717, 1.165) is 22.4 Å². The minimum atomic E-state index is 0.109. The summed E-state index contributed by atoms with van der Waals surface area (Å²) in [6.45, 7) is 2.29. The number of benzene rings is 2. The van der Waals surface area contributed by atoms with Gasteiger partial charge in [0.2, 0.25) is 0 Å². The average Bonchev–Trinajstić information content (AvgIpc) is 2.54. The molecule has 0 spiro atoms. The summed E-state index contributed by atoms with van der Waals surface area (Å²) in [6.07, 6.45) is 1.61. The molecule has 0 atom stereocenters. The van der Waals surface area contributed by atoms with Gasteiger partial charge >= 0.3 is 0 Å². The van der Waals surface area contributed by atoms with Crippen LogP contribution in [-0.2, 0) is 6.61 Å². The first-order valence-electron chi connectivity index (χ1n) is 7.14. The highest BCUT2D eigenvalue weighted by molar-refractivity contribution is 7.80. The van der Waals surface area contributed by atoms with Crippen molar-refractivity contribution in [2.45, 2.75) is 13.5 Å². The Morgan fingerprint density at radius 3 is 2.71 bits per heavy atom. The molecule has 0 saturated heterocycles. The molecule has 0 amide bonds. The van der Waals surface area contributed by atoms with Gasteiger partial charge in [-0.2, -0.15) is 5.10 Å². The molecule has 0 radical (unpaired) electrons. The fraction of sp³-hybridized carbons (Fsp3) is 0.176. The lowest BCUT2D eigenvalue weighted by molar-refractivity contribution is 0.297. The molecule has 2 aromatic carbocycles. The first-order valence-corrected chi connectivity index (χ1v) is 7.92. The van der Waals surface area contributed by atoms with Crippen molar-refractivity contribution >= 4 is 35.1 Å². The zero-order valence-corrected chi connectivity index (χ0v) is 14.9. The van der Waals surface area contributed by atoms with Crippen LogP contribution < -0.4 is 20.6 Å². The first kappa shape index (κ1) is 18.0. The van der Waals surface area contributed by atoms with Crippen molar-refractivity contribution in [2.24, 2.45) is 10.8 Å². The van der Waals surface area contributed by atoms with Crippen LogP contribution in [0.1, 0.15) is 16.7 Å². The van der Waals surface area contributed by atoms with Crippen LogP contribution >= 0.6 is 23.8 Å². The molecule has 0 heterocycles. The Labute approximate surface area is 151 Å². The zero-order chi connectivity index (χ0) is 17.5. The Morgan fingerprint density at radius 1 is 1.29 bits per heavy atom. The average molecular weight is 364 g/mol. The highest BCUT2D eigenvalue weighted by Gasteiger charge is 2.07. The normalized spacial score (nSPS) is 10.6. The van der Waals surface area contributed by atoms with Crippen LogP contribution in [-0.4, -0.2) is 18.4 Å². The largest absolute Gasteiger partial charge is 0.496 e. The van der Waals surface area contributed by atoms with E-state index in [4.69, 9.17) is 39.0 Å². The van der Waals surface area contributed by atoms with Gasteiger partial charge in [0, 0.05) is 5.56 Å². The number of methoxy groups -OCH3 is 1. The van der Waals surface area contributed by atoms with Crippen molar-refractivity contribution in [1.29, 1.82) is 0 Å². The van der Waals surface area contributed by atoms with E-state index >= 15 is 0 Å². The molecule has 0 aliphatic rings. The molecule has 2 aromatic rings. The third-order valence-electron chi connectivity index (χ3n) is 3.16. The second-order valence-electron chi connectivity index (χ2n) is 5.03. The maximum Gasteiger partial charge on any atom is 0.184 e. The predicted octanol–water partition coefficient (Wildman–Crippen LogP) is 3.40. The lowest BCUT2D eigenvalue weighted by atomic mass is 10.1. The van der Waals surface area contributed by atoms with E-state index in [1.807, 2.05) is 43.3 Å². The van der Waals surface area contributed by atoms with Crippen LogP contribution in [0.3, 0.4) is 0 Å². The van der Waals surface area contributed by atoms with E-state index in [9.17, 15) is 0 Å². The molecule has 24 heavy (non-hydrogen) atoms. The first-order chi connectivity index (χ1) is 11.5. The van der Waals surface area contributed by atoms with Gasteiger partial charge in [-0.25, -0.2) is 0 Å². The topological polar surface area (TPSA) is 68.9 Å². The van der Waals surface area contributed by atoms with Gasteiger partial charge in [-0.3, -0.25) is 5.43 Å². The number of halogens is 1. The van der Waals surface area contributed by atoms with Crippen molar-refractivity contribution in [2.75, 3.05) is 7.11 Å². The standard InChI is InChI=1S/C17H18ClN3O2S/c1-11-3-5-16(14(18)7-11)23-10-13-8-12(4-6-15(13)22-2)9-20-21-17(19)24/h3-9H,10H2,1-2H3,(H3,19,21,24). The third kappa shape index (κ3) is 5.11. The van der Waals surface area contributed by atoms with Crippen LogP contribution in [0.2, 0.25) is 5.02 Å². The minimum absolute atomic E-state index is 0.109. The van der Waals surface area contributed by atoms with Gasteiger partial charge in [0.15, 0.2) is 5.11 Å². The van der Waals surface area contributed by atoms with Gasteiger partial charge < -0.3 is 15.2 Å².